The molecule has 0 unspecified atom stereocenters. The molecule has 0 aliphatic heterocycles. The second-order valence-electron chi connectivity index (χ2n) is 3.10. The van der Waals surface area contributed by atoms with Crippen molar-refractivity contribution in [3.63, 3.8) is 0 Å². The molecule has 0 saturated heterocycles. The molecule has 0 aliphatic rings. The molecular weight excluding hydrogens is 168 g/mol. The van der Waals surface area contributed by atoms with E-state index in [2.05, 4.69) is 0 Å². The molecule has 3 heteroatoms. The Hall–Kier alpha value is -1.22. The van der Waals surface area contributed by atoms with E-state index >= 15 is 0 Å². The van der Waals surface area contributed by atoms with Crippen LogP contribution in [0.1, 0.15) is 16.7 Å². The molecule has 0 bridgehead atoms. The van der Waals surface area contributed by atoms with Crippen molar-refractivity contribution < 1.29 is 14.9 Å². The quantitative estimate of drug-likeness (QED) is 0.734. The zero-order chi connectivity index (χ0) is 10.0. The number of phenols is 2. The fourth-order valence-corrected chi connectivity index (χ4v) is 1.26. The van der Waals surface area contributed by atoms with Gasteiger partial charge < -0.3 is 14.9 Å². The first-order valence-corrected chi connectivity index (χ1v) is 4.08. The van der Waals surface area contributed by atoms with E-state index in [9.17, 15) is 10.2 Å². The van der Waals surface area contributed by atoms with Crippen molar-refractivity contribution in [2.45, 2.75) is 20.5 Å². The smallest absolute Gasteiger partial charge is 0.127 e. The van der Waals surface area contributed by atoms with Crippen molar-refractivity contribution in [1.82, 2.24) is 0 Å². The fraction of sp³-hybridized carbons (Fsp3) is 0.400. The average Bonchev–Trinajstić information content (AvgIpc) is 2.09. The van der Waals surface area contributed by atoms with Crippen molar-refractivity contribution in [3.8, 4) is 11.5 Å². The molecule has 2 N–H and O–H groups in total. The van der Waals surface area contributed by atoms with E-state index in [1.807, 2.05) is 6.92 Å². The molecule has 0 aromatic heterocycles. The molecule has 72 valence electrons. The molecule has 3 nitrogen and oxygen atoms in total. The van der Waals surface area contributed by atoms with Crippen LogP contribution in [-0.2, 0) is 11.3 Å². The molecule has 13 heavy (non-hydrogen) atoms. The van der Waals surface area contributed by atoms with Crippen molar-refractivity contribution in [2.24, 2.45) is 0 Å². The third kappa shape index (κ3) is 1.75. The number of hydrogen-bond donors (Lipinski definition) is 2. The molecule has 0 aliphatic carbocycles. The first-order valence-electron chi connectivity index (χ1n) is 4.08. The third-order valence-corrected chi connectivity index (χ3v) is 2.14. The summed E-state index contributed by atoms with van der Waals surface area (Å²) in [5.41, 5.74) is 2.07. The molecule has 1 rings (SSSR count). The Labute approximate surface area is 77.6 Å². The molecule has 1 aromatic rings. The highest BCUT2D eigenvalue weighted by atomic mass is 16.5. The van der Waals surface area contributed by atoms with Crippen molar-refractivity contribution in [2.75, 3.05) is 7.11 Å². The maximum Gasteiger partial charge on any atom is 0.127 e. The van der Waals surface area contributed by atoms with Crippen LogP contribution in [0.5, 0.6) is 11.5 Å². The first-order chi connectivity index (χ1) is 6.07. The zero-order valence-corrected chi connectivity index (χ0v) is 8.09. The van der Waals surface area contributed by atoms with E-state index < -0.39 is 0 Å². The largest absolute Gasteiger partial charge is 0.508 e. The van der Waals surface area contributed by atoms with Crippen LogP contribution in [-0.4, -0.2) is 17.3 Å². The number of rotatable bonds is 2. The Morgan fingerprint density at radius 2 is 1.92 bits per heavy atom. The Morgan fingerprint density at radius 3 is 2.46 bits per heavy atom. The Kier molecular flexibility index (Phi) is 2.78. The second-order valence-corrected chi connectivity index (χ2v) is 3.10. The van der Waals surface area contributed by atoms with Crippen LogP contribution in [0.25, 0.3) is 0 Å². The van der Waals surface area contributed by atoms with Crippen LogP contribution in [0.4, 0.5) is 0 Å². The third-order valence-electron chi connectivity index (χ3n) is 2.14. The lowest BCUT2D eigenvalue weighted by Gasteiger charge is -2.11. The summed E-state index contributed by atoms with van der Waals surface area (Å²) < 4.78 is 4.94. The van der Waals surface area contributed by atoms with Gasteiger partial charge in [0.15, 0.2) is 0 Å². The van der Waals surface area contributed by atoms with Gasteiger partial charge in [0.05, 0.1) is 6.61 Å². The number of ether oxygens (including phenoxy) is 1. The Morgan fingerprint density at radius 1 is 1.31 bits per heavy atom. The minimum absolute atomic E-state index is 0.120. The summed E-state index contributed by atoms with van der Waals surface area (Å²) in [6.07, 6.45) is 0. The monoisotopic (exact) mass is 182 g/mol. The summed E-state index contributed by atoms with van der Waals surface area (Å²) in [6.45, 7) is 3.86. The highest BCUT2D eigenvalue weighted by Crippen LogP contribution is 2.32. The lowest BCUT2D eigenvalue weighted by atomic mass is 10.0. The van der Waals surface area contributed by atoms with E-state index in [-0.39, 0.29) is 11.5 Å². The maximum absolute atomic E-state index is 9.65. The van der Waals surface area contributed by atoms with Crippen LogP contribution in [0.15, 0.2) is 6.07 Å². The Balaban J connectivity index is 3.26. The van der Waals surface area contributed by atoms with Gasteiger partial charge in [-0.3, -0.25) is 0 Å². The molecule has 0 saturated carbocycles. The molecule has 0 amide bonds. The summed E-state index contributed by atoms with van der Waals surface area (Å²) in [4.78, 5) is 0. The number of hydrogen-bond acceptors (Lipinski definition) is 3. The van der Waals surface area contributed by atoms with Gasteiger partial charge in [0.25, 0.3) is 0 Å². The van der Waals surface area contributed by atoms with Gasteiger partial charge in [-0.1, -0.05) is 0 Å². The highest BCUT2D eigenvalue weighted by molar-refractivity contribution is 5.51. The summed E-state index contributed by atoms with van der Waals surface area (Å²) >= 11 is 0. The first kappa shape index (κ1) is 9.86. The molecule has 0 spiro atoms. The highest BCUT2D eigenvalue weighted by Gasteiger charge is 2.11. The predicted molar refractivity (Wildman–Crippen MR) is 50.0 cm³/mol. The Bertz CT molecular complexity index is 318. The summed E-state index contributed by atoms with van der Waals surface area (Å²) in [7, 11) is 1.57. The SMILES string of the molecule is COCc1c(C)cc(O)c(C)c1O. The normalized spacial score (nSPS) is 10.4. The number of phenolic OH excluding ortho intramolecular Hbond substituents is 2. The number of methoxy groups -OCH3 is 1. The topological polar surface area (TPSA) is 49.7 Å². The van der Waals surface area contributed by atoms with Gasteiger partial charge in [0, 0.05) is 18.2 Å². The van der Waals surface area contributed by atoms with Crippen LogP contribution < -0.4 is 0 Å². The van der Waals surface area contributed by atoms with Crippen molar-refractivity contribution >= 4 is 0 Å². The van der Waals surface area contributed by atoms with Gasteiger partial charge in [-0.2, -0.15) is 0 Å². The molecule has 0 radical (unpaired) electrons. The number of benzene rings is 1. The molecule has 0 heterocycles. The molecule has 0 atom stereocenters. The number of aryl methyl sites for hydroxylation is 1. The number of aromatic hydroxyl groups is 2. The summed E-state index contributed by atoms with van der Waals surface area (Å²) in [5, 5.41) is 19.0. The van der Waals surface area contributed by atoms with E-state index in [0.717, 1.165) is 11.1 Å². The van der Waals surface area contributed by atoms with E-state index in [0.29, 0.717) is 12.2 Å². The van der Waals surface area contributed by atoms with Crippen molar-refractivity contribution in [3.05, 3.63) is 22.8 Å². The summed E-state index contributed by atoms with van der Waals surface area (Å²) in [5.74, 6) is 0.245. The van der Waals surface area contributed by atoms with E-state index in [1.54, 1.807) is 20.1 Å². The van der Waals surface area contributed by atoms with Crippen LogP contribution in [0.2, 0.25) is 0 Å². The van der Waals surface area contributed by atoms with Gasteiger partial charge >= 0.3 is 0 Å². The van der Waals surface area contributed by atoms with Gasteiger partial charge in [-0.25, -0.2) is 0 Å². The standard InChI is InChI=1S/C10H14O3/c1-6-4-9(11)7(2)10(12)8(6)5-13-3/h4,11-12H,5H2,1-3H3. The van der Waals surface area contributed by atoms with Crippen LogP contribution >= 0.6 is 0 Å². The van der Waals surface area contributed by atoms with Crippen LogP contribution in [0.3, 0.4) is 0 Å². The summed E-state index contributed by atoms with van der Waals surface area (Å²) in [6, 6.07) is 1.63. The van der Waals surface area contributed by atoms with E-state index in [4.69, 9.17) is 4.74 Å². The van der Waals surface area contributed by atoms with Gasteiger partial charge in [0.1, 0.15) is 11.5 Å². The van der Waals surface area contributed by atoms with Crippen LogP contribution in [0, 0.1) is 13.8 Å². The minimum atomic E-state index is 0.120. The lowest BCUT2D eigenvalue weighted by molar-refractivity contribution is 0.181. The van der Waals surface area contributed by atoms with Gasteiger partial charge in [-0.15, -0.1) is 0 Å². The molecule has 0 fully saturated rings. The lowest BCUT2D eigenvalue weighted by Crippen LogP contribution is -1.94. The fourth-order valence-electron chi connectivity index (χ4n) is 1.26. The van der Waals surface area contributed by atoms with Gasteiger partial charge in [-0.05, 0) is 25.5 Å². The van der Waals surface area contributed by atoms with Gasteiger partial charge in [0.2, 0.25) is 0 Å². The maximum atomic E-state index is 9.65. The predicted octanol–water partition coefficient (Wildman–Crippen LogP) is 1.86. The zero-order valence-electron chi connectivity index (χ0n) is 8.09. The molecule has 1 aromatic carbocycles. The minimum Gasteiger partial charge on any atom is -0.508 e. The molecular formula is C10H14O3. The van der Waals surface area contributed by atoms with Crippen molar-refractivity contribution in [1.29, 1.82) is 0 Å². The average molecular weight is 182 g/mol. The van der Waals surface area contributed by atoms with E-state index in [1.165, 1.54) is 0 Å². The second kappa shape index (κ2) is 3.66.